The van der Waals surface area contributed by atoms with E-state index in [2.05, 4.69) is 19.2 Å². The fourth-order valence-corrected chi connectivity index (χ4v) is 2.91. The molecule has 5 heteroatoms. The first kappa shape index (κ1) is 17.5. The molecule has 1 fully saturated rings. The summed E-state index contributed by atoms with van der Waals surface area (Å²) in [6.07, 6.45) is 1.68. The van der Waals surface area contributed by atoms with Crippen LogP contribution >= 0.6 is 0 Å². The minimum Gasteiger partial charge on any atom is -0.355 e. The van der Waals surface area contributed by atoms with Crippen LogP contribution in [0.2, 0.25) is 0 Å². The summed E-state index contributed by atoms with van der Waals surface area (Å²) in [5.41, 5.74) is 7.33. The second-order valence-electron chi connectivity index (χ2n) is 6.45. The van der Waals surface area contributed by atoms with Crippen molar-refractivity contribution >= 4 is 11.8 Å². The average molecular weight is 317 g/mol. The molecule has 0 saturated carbocycles. The number of hydrogen-bond donors (Lipinski definition) is 2. The van der Waals surface area contributed by atoms with Gasteiger partial charge in [-0.2, -0.15) is 0 Å². The highest BCUT2D eigenvalue weighted by Crippen LogP contribution is 2.20. The molecule has 1 aromatic carbocycles. The predicted octanol–water partition coefficient (Wildman–Crippen LogP) is 1.74. The molecule has 1 aromatic rings. The first-order valence-corrected chi connectivity index (χ1v) is 8.40. The van der Waals surface area contributed by atoms with Crippen LogP contribution in [0.4, 0.5) is 0 Å². The van der Waals surface area contributed by atoms with Gasteiger partial charge in [-0.25, -0.2) is 0 Å². The van der Waals surface area contributed by atoms with E-state index in [4.69, 9.17) is 5.73 Å². The van der Waals surface area contributed by atoms with Crippen LogP contribution in [0.25, 0.3) is 0 Å². The van der Waals surface area contributed by atoms with Crippen LogP contribution in [0, 0.1) is 5.92 Å². The lowest BCUT2D eigenvalue weighted by molar-refractivity contribution is -0.126. The summed E-state index contributed by atoms with van der Waals surface area (Å²) in [6.45, 7) is 6.38. The van der Waals surface area contributed by atoms with E-state index in [-0.39, 0.29) is 17.7 Å². The van der Waals surface area contributed by atoms with Gasteiger partial charge in [-0.1, -0.05) is 26.0 Å². The predicted molar refractivity (Wildman–Crippen MR) is 91.2 cm³/mol. The molecule has 0 aliphatic carbocycles. The molecule has 1 atom stereocenters. The van der Waals surface area contributed by atoms with Crippen LogP contribution in [0.15, 0.2) is 24.3 Å². The number of carbonyl (C=O) groups is 2. The minimum absolute atomic E-state index is 0.00288. The summed E-state index contributed by atoms with van der Waals surface area (Å²) < 4.78 is 0. The molecule has 1 heterocycles. The van der Waals surface area contributed by atoms with Crippen molar-refractivity contribution in [2.75, 3.05) is 26.2 Å². The molecule has 126 valence electrons. The Morgan fingerprint density at radius 1 is 1.30 bits per heavy atom. The smallest absolute Gasteiger partial charge is 0.253 e. The molecular formula is C18H27N3O2. The number of nitrogens with one attached hydrogen (secondary N) is 1. The van der Waals surface area contributed by atoms with Gasteiger partial charge in [0.25, 0.3) is 5.91 Å². The van der Waals surface area contributed by atoms with Crippen molar-refractivity contribution < 1.29 is 9.59 Å². The average Bonchev–Trinajstić information content (AvgIpc) is 2.59. The third-order valence-corrected chi connectivity index (χ3v) is 4.35. The maximum Gasteiger partial charge on any atom is 0.253 e. The number of hydrogen-bond acceptors (Lipinski definition) is 3. The number of benzene rings is 1. The zero-order valence-electron chi connectivity index (χ0n) is 14.0. The number of carbonyl (C=O) groups excluding carboxylic acids is 2. The second kappa shape index (κ2) is 8.11. The van der Waals surface area contributed by atoms with Crippen molar-refractivity contribution in [3.8, 4) is 0 Å². The Morgan fingerprint density at radius 2 is 2.00 bits per heavy atom. The maximum atomic E-state index is 12.6. The molecule has 1 aliphatic rings. The van der Waals surface area contributed by atoms with Gasteiger partial charge >= 0.3 is 0 Å². The number of amides is 2. The van der Waals surface area contributed by atoms with E-state index in [1.807, 2.05) is 24.3 Å². The highest BCUT2D eigenvalue weighted by molar-refractivity contribution is 5.94. The van der Waals surface area contributed by atoms with E-state index >= 15 is 0 Å². The normalized spacial score (nSPS) is 18.1. The summed E-state index contributed by atoms with van der Waals surface area (Å²) in [7, 11) is 0. The van der Waals surface area contributed by atoms with E-state index in [1.165, 1.54) is 5.56 Å². The number of rotatable bonds is 5. The van der Waals surface area contributed by atoms with Crippen LogP contribution in [0.1, 0.15) is 48.5 Å². The molecule has 1 unspecified atom stereocenters. The second-order valence-corrected chi connectivity index (χ2v) is 6.45. The number of piperidine rings is 1. The molecule has 2 rings (SSSR count). The molecule has 2 amide bonds. The highest BCUT2D eigenvalue weighted by atomic mass is 16.2. The fraction of sp³-hybridized carbons (Fsp3) is 0.556. The van der Waals surface area contributed by atoms with E-state index in [1.54, 1.807) is 4.90 Å². The first-order valence-electron chi connectivity index (χ1n) is 8.40. The molecule has 1 saturated heterocycles. The van der Waals surface area contributed by atoms with Crippen molar-refractivity contribution in [2.24, 2.45) is 11.7 Å². The van der Waals surface area contributed by atoms with Gasteiger partial charge in [0, 0.05) is 31.7 Å². The van der Waals surface area contributed by atoms with Crippen molar-refractivity contribution in [1.82, 2.24) is 10.2 Å². The Kier molecular flexibility index (Phi) is 6.16. The van der Waals surface area contributed by atoms with Crippen molar-refractivity contribution in [1.29, 1.82) is 0 Å². The lowest BCUT2D eigenvalue weighted by Crippen LogP contribution is -2.46. The van der Waals surface area contributed by atoms with Gasteiger partial charge < -0.3 is 16.0 Å². The van der Waals surface area contributed by atoms with Gasteiger partial charge in [-0.05, 0) is 36.5 Å². The minimum atomic E-state index is -0.130. The van der Waals surface area contributed by atoms with Crippen molar-refractivity contribution in [3.05, 3.63) is 35.4 Å². The number of likely N-dealkylation sites (tertiary alicyclic amines) is 1. The van der Waals surface area contributed by atoms with E-state index in [0.717, 1.165) is 12.8 Å². The lowest BCUT2D eigenvalue weighted by Gasteiger charge is -2.32. The molecule has 23 heavy (non-hydrogen) atoms. The van der Waals surface area contributed by atoms with Crippen molar-refractivity contribution in [3.63, 3.8) is 0 Å². The Hall–Kier alpha value is -1.88. The van der Waals surface area contributed by atoms with Crippen LogP contribution in [-0.2, 0) is 4.79 Å². The SMILES string of the molecule is CC(C)c1ccc(C(=O)N2CCCC(C(=O)NCCN)C2)cc1. The summed E-state index contributed by atoms with van der Waals surface area (Å²) in [5, 5.41) is 2.82. The molecule has 3 N–H and O–H groups in total. The van der Waals surface area contributed by atoms with Gasteiger partial charge in [0.15, 0.2) is 0 Å². The topological polar surface area (TPSA) is 75.4 Å². The third-order valence-electron chi connectivity index (χ3n) is 4.35. The summed E-state index contributed by atoms with van der Waals surface area (Å²) in [4.78, 5) is 26.5. The summed E-state index contributed by atoms with van der Waals surface area (Å²) in [5.74, 6) is 0.332. The molecular weight excluding hydrogens is 290 g/mol. The van der Waals surface area contributed by atoms with Crippen LogP contribution < -0.4 is 11.1 Å². The first-order chi connectivity index (χ1) is 11.0. The van der Waals surface area contributed by atoms with Crippen LogP contribution in [0.5, 0.6) is 0 Å². The van der Waals surface area contributed by atoms with Gasteiger partial charge in [0.2, 0.25) is 5.91 Å². The fourth-order valence-electron chi connectivity index (χ4n) is 2.91. The Bertz CT molecular complexity index is 540. The molecule has 5 nitrogen and oxygen atoms in total. The highest BCUT2D eigenvalue weighted by Gasteiger charge is 2.28. The Labute approximate surface area is 138 Å². The number of nitrogens with zero attached hydrogens (tertiary/aromatic N) is 1. The Morgan fingerprint density at radius 3 is 2.61 bits per heavy atom. The van der Waals surface area contributed by atoms with E-state index in [9.17, 15) is 9.59 Å². The number of nitrogens with two attached hydrogens (primary N) is 1. The lowest BCUT2D eigenvalue weighted by atomic mass is 9.96. The van der Waals surface area contributed by atoms with Crippen LogP contribution in [-0.4, -0.2) is 42.9 Å². The van der Waals surface area contributed by atoms with Gasteiger partial charge in [0.05, 0.1) is 5.92 Å². The van der Waals surface area contributed by atoms with E-state index < -0.39 is 0 Å². The molecule has 0 spiro atoms. The van der Waals surface area contributed by atoms with E-state index in [0.29, 0.717) is 37.7 Å². The summed E-state index contributed by atoms with van der Waals surface area (Å²) >= 11 is 0. The van der Waals surface area contributed by atoms with Crippen molar-refractivity contribution in [2.45, 2.75) is 32.6 Å². The standard InChI is InChI=1S/C18H27N3O2/c1-13(2)14-5-7-15(8-6-14)18(23)21-11-3-4-16(12-21)17(22)20-10-9-19/h5-8,13,16H,3-4,9-12,19H2,1-2H3,(H,20,22). The molecule has 0 bridgehead atoms. The molecule has 1 aliphatic heterocycles. The largest absolute Gasteiger partial charge is 0.355 e. The van der Waals surface area contributed by atoms with Gasteiger partial charge in [0.1, 0.15) is 0 Å². The zero-order valence-corrected chi connectivity index (χ0v) is 14.0. The summed E-state index contributed by atoms with van der Waals surface area (Å²) in [6, 6.07) is 7.78. The molecule has 0 radical (unpaired) electrons. The van der Waals surface area contributed by atoms with Crippen LogP contribution in [0.3, 0.4) is 0 Å². The quantitative estimate of drug-likeness (QED) is 0.868. The monoisotopic (exact) mass is 317 g/mol. The maximum absolute atomic E-state index is 12.6. The zero-order chi connectivity index (χ0) is 16.8. The third kappa shape index (κ3) is 4.55. The Balaban J connectivity index is 2.00. The van der Waals surface area contributed by atoms with Gasteiger partial charge in [-0.15, -0.1) is 0 Å². The van der Waals surface area contributed by atoms with Gasteiger partial charge in [-0.3, -0.25) is 9.59 Å². The molecule has 0 aromatic heterocycles.